The Hall–Kier alpha value is -1.29. The number of hydrogen-bond acceptors (Lipinski definition) is 2. The number of amides is 1. The molecule has 0 aliphatic heterocycles. The van der Waals surface area contributed by atoms with Gasteiger partial charge in [-0.2, -0.15) is 0 Å². The van der Waals surface area contributed by atoms with Crippen LogP contribution in [0.3, 0.4) is 0 Å². The fraction of sp³-hybridized carbons (Fsp3) is 0.545. The topological polar surface area (TPSA) is 60.1 Å². The van der Waals surface area contributed by atoms with Gasteiger partial charge in [0.15, 0.2) is 0 Å². The molecule has 1 amide bonds. The van der Waals surface area contributed by atoms with Gasteiger partial charge in [-0.3, -0.25) is 4.79 Å². The van der Waals surface area contributed by atoms with Crippen molar-refractivity contribution in [2.45, 2.75) is 20.3 Å². The summed E-state index contributed by atoms with van der Waals surface area (Å²) in [6.45, 7) is 4.88. The summed E-state index contributed by atoms with van der Waals surface area (Å²) in [5.74, 6) is -0.0969. The van der Waals surface area contributed by atoms with Crippen LogP contribution in [-0.4, -0.2) is 23.6 Å². The van der Waals surface area contributed by atoms with E-state index < -0.39 is 0 Å². The van der Waals surface area contributed by atoms with Gasteiger partial charge in [-0.25, -0.2) is 0 Å². The van der Waals surface area contributed by atoms with Gasteiger partial charge in [0.25, 0.3) is 0 Å². The minimum atomic E-state index is -0.0969. The molecule has 0 aliphatic rings. The average molecular weight is 209 g/mol. The normalized spacial score (nSPS) is 10.4. The summed E-state index contributed by atoms with van der Waals surface area (Å²) in [7, 11) is 2.05. The molecule has 4 heteroatoms. The van der Waals surface area contributed by atoms with Crippen LogP contribution in [0, 0.1) is 13.8 Å². The predicted octanol–water partition coefficient (Wildman–Crippen LogP) is 0.259. The van der Waals surface area contributed by atoms with Gasteiger partial charge < -0.3 is 15.6 Å². The lowest BCUT2D eigenvalue weighted by molar-refractivity contribution is -0.119. The van der Waals surface area contributed by atoms with Crippen molar-refractivity contribution >= 4 is 5.91 Å². The van der Waals surface area contributed by atoms with Crippen molar-refractivity contribution < 1.29 is 4.79 Å². The molecule has 0 saturated carbocycles. The van der Waals surface area contributed by atoms with E-state index >= 15 is 0 Å². The van der Waals surface area contributed by atoms with Crippen LogP contribution in [0.1, 0.15) is 17.0 Å². The maximum atomic E-state index is 10.9. The van der Waals surface area contributed by atoms with Crippen molar-refractivity contribution in [1.82, 2.24) is 9.88 Å². The van der Waals surface area contributed by atoms with Gasteiger partial charge in [-0.15, -0.1) is 0 Å². The molecule has 84 valence electrons. The number of carbonyl (C=O) groups is 1. The number of aromatic nitrogens is 1. The van der Waals surface area contributed by atoms with E-state index in [1.54, 1.807) is 0 Å². The number of rotatable bonds is 4. The van der Waals surface area contributed by atoms with Gasteiger partial charge in [0, 0.05) is 25.0 Å². The van der Waals surface area contributed by atoms with E-state index in [0.29, 0.717) is 6.54 Å². The highest BCUT2D eigenvalue weighted by atomic mass is 16.1. The van der Waals surface area contributed by atoms with Crippen LogP contribution >= 0.6 is 0 Å². The predicted molar refractivity (Wildman–Crippen MR) is 60.7 cm³/mol. The lowest BCUT2D eigenvalue weighted by Gasteiger charge is -2.04. The molecule has 0 radical (unpaired) electrons. The van der Waals surface area contributed by atoms with E-state index in [-0.39, 0.29) is 12.5 Å². The second-order valence-corrected chi connectivity index (χ2v) is 3.76. The Morgan fingerprint density at radius 3 is 2.67 bits per heavy atom. The zero-order valence-electron chi connectivity index (χ0n) is 9.63. The fourth-order valence-electron chi connectivity index (χ4n) is 1.60. The zero-order valence-corrected chi connectivity index (χ0v) is 9.63. The maximum Gasteiger partial charge on any atom is 0.233 e. The lowest BCUT2D eigenvalue weighted by atomic mass is 10.2. The molecule has 0 aromatic carbocycles. The van der Waals surface area contributed by atoms with Crippen LogP contribution in [0.25, 0.3) is 0 Å². The monoisotopic (exact) mass is 209 g/mol. The minimum absolute atomic E-state index is 0.0623. The third-order valence-corrected chi connectivity index (χ3v) is 2.78. The molecule has 0 bridgehead atoms. The standard InChI is InChI=1S/C11H19N3O/c1-8-6-10(9(2)14(8)3)4-5-13-11(15)7-12/h6H,4-5,7,12H2,1-3H3,(H,13,15). The van der Waals surface area contributed by atoms with E-state index in [2.05, 4.69) is 29.8 Å². The first kappa shape index (κ1) is 11.8. The van der Waals surface area contributed by atoms with Crippen LogP contribution in [0.15, 0.2) is 6.07 Å². The molecule has 0 saturated heterocycles. The van der Waals surface area contributed by atoms with E-state index in [9.17, 15) is 4.79 Å². The van der Waals surface area contributed by atoms with E-state index in [0.717, 1.165) is 6.42 Å². The molecule has 0 aliphatic carbocycles. The Bertz CT molecular complexity index is 355. The number of nitrogens with two attached hydrogens (primary N) is 1. The summed E-state index contributed by atoms with van der Waals surface area (Å²) in [6, 6.07) is 2.16. The molecule has 4 nitrogen and oxygen atoms in total. The third-order valence-electron chi connectivity index (χ3n) is 2.78. The summed E-state index contributed by atoms with van der Waals surface area (Å²) in [5, 5.41) is 2.76. The van der Waals surface area contributed by atoms with Crippen molar-refractivity contribution in [2.24, 2.45) is 12.8 Å². The highest BCUT2D eigenvalue weighted by Crippen LogP contribution is 2.13. The highest BCUT2D eigenvalue weighted by Gasteiger charge is 2.05. The summed E-state index contributed by atoms with van der Waals surface area (Å²) in [6.07, 6.45) is 0.860. The average Bonchev–Trinajstić information content (AvgIpc) is 2.46. The molecule has 0 spiro atoms. The van der Waals surface area contributed by atoms with Crippen molar-refractivity contribution in [3.05, 3.63) is 23.0 Å². The largest absolute Gasteiger partial charge is 0.355 e. The first-order valence-corrected chi connectivity index (χ1v) is 5.14. The van der Waals surface area contributed by atoms with Crippen LogP contribution in [0.2, 0.25) is 0 Å². The number of nitrogens with zero attached hydrogens (tertiary/aromatic N) is 1. The molecule has 0 unspecified atom stereocenters. The molecule has 1 aromatic heterocycles. The molecule has 1 rings (SSSR count). The lowest BCUT2D eigenvalue weighted by Crippen LogP contribution is -2.31. The smallest absolute Gasteiger partial charge is 0.233 e. The van der Waals surface area contributed by atoms with E-state index in [1.807, 2.05) is 7.05 Å². The van der Waals surface area contributed by atoms with Gasteiger partial charge in [-0.05, 0) is 31.9 Å². The van der Waals surface area contributed by atoms with E-state index in [4.69, 9.17) is 5.73 Å². The number of carbonyl (C=O) groups excluding carboxylic acids is 1. The van der Waals surface area contributed by atoms with Crippen molar-refractivity contribution in [3.63, 3.8) is 0 Å². The van der Waals surface area contributed by atoms with Crippen molar-refractivity contribution in [2.75, 3.05) is 13.1 Å². The summed E-state index contributed by atoms with van der Waals surface area (Å²) in [5.41, 5.74) is 8.98. The second kappa shape index (κ2) is 4.98. The Kier molecular flexibility index (Phi) is 3.91. The van der Waals surface area contributed by atoms with Gasteiger partial charge in [0.1, 0.15) is 0 Å². The highest BCUT2D eigenvalue weighted by molar-refractivity contribution is 5.77. The Balaban J connectivity index is 2.51. The Labute approximate surface area is 90.5 Å². The third kappa shape index (κ3) is 2.83. The Morgan fingerprint density at radius 2 is 2.20 bits per heavy atom. The maximum absolute atomic E-state index is 10.9. The van der Waals surface area contributed by atoms with E-state index in [1.165, 1.54) is 17.0 Å². The van der Waals surface area contributed by atoms with Crippen LogP contribution in [0.4, 0.5) is 0 Å². The number of hydrogen-bond donors (Lipinski definition) is 2. The van der Waals surface area contributed by atoms with Crippen molar-refractivity contribution in [3.8, 4) is 0 Å². The summed E-state index contributed by atoms with van der Waals surface area (Å²) >= 11 is 0. The van der Waals surface area contributed by atoms with Crippen molar-refractivity contribution in [1.29, 1.82) is 0 Å². The molecule has 3 N–H and O–H groups in total. The second-order valence-electron chi connectivity index (χ2n) is 3.76. The first-order valence-electron chi connectivity index (χ1n) is 5.14. The fourth-order valence-corrected chi connectivity index (χ4v) is 1.60. The quantitative estimate of drug-likeness (QED) is 0.747. The van der Waals surface area contributed by atoms with Crippen LogP contribution < -0.4 is 11.1 Å². The molecule has 1 heterocycles. The van der Waals surface area contributed by atoms with Gasteiger partial charge in [-0.1, -0.05) is 0 Å². The zero-order chi connectivity index (χ0) is 11.4. The number of aryl methyl sites for hydroxylation is 1. The molecule has 0 atom stereocenters. The van der Waals surface area contributed by atoms with Gasteiger partial charge in [0.05, 0.1) is 6.54 Å². The summed E-state index contributed by atoms with van der Waals surface area (Å²) < 4.78 is 2.15. The molecule has 1 aromatic rings. The SMILES string of the molecule is Cc1cc(CCNC(=O)CN)c(C)n1C. The summed E-state index contributed by atoms with van der Waals surface area (Å²) in [4.78, 5) is 10.9. The molecular formula is C11H19N3O. The molecular weight excluding hydrogens is 190 g/mol. The Morgan fingerprint density at radius 1 is 1.53 bits per heavy atom. The first-order chi connectivity index (χ1) is 7.06. The van der Waals surface area contributed by atoms with Crippen LogP contribution in [-0.2, 0) is 18.3 Å². The minimum Gasteiger partial charge on any atom is -0.355 e. The van der Waals surface area contributed by atoms with Crippen LogP contribution in [0.5, 0.6) is 0 Å². The molecule has 0 fully saturated rings. The van der Waals surface area contributed by atoms with Gasteiger partial charge in [0.2, 0.25) is 5.91 Å². The molecule has 15 heavy (non-hydrogen) atoms. The number of nitrogens with one attached hydrogen (secondary N) is 1. The van der Waals surface area contributed by atoms with Gasteiger partial charge >= 0.3 is 0 Å².